The van der Waals surface area contributed by atoms with Crippen LogP contribution in [0.1, 0.15) is 26.2 Å². The highest BCUT2D eigenvalue weighted by molar-refractivity contribution is 9.10. The molecule has 3 amide bonds. The summed E-state index contributed by atoms with van der Waals surface area (Å²) in [5, 5.41) is 3.05. The van der Waals surface area contributed by atoms with Gasteiger partial charge in [0.15, 0.2) is 0 Å². The van der Waals surface area contributed by atoms with Gasteiger partial charge in [0, 0.05) is 42.3 Å². The van der Waals surface area contributed by atoms with Gasteiger partial charge in [-0.05, 0) is 44.0 Å². The zero-order chi connectivity index (χ0) is 19.4. The summed E-state index contributed by atoms with van der Waals surface area (Å²) in [5.41, 5.74) is 0.807. The minimum absolute atomic E-state index is 0.0278. The van der Waals surface area contributed by atoms with Crippen molar-refractivity contribution in [2.24, 2.45) is 5.92 Å². The van der Waals surface area contributed by atoms with Crippen LogP contribution in [0.5, 0.6) is 0 Å². The van der Waals surface area contributed by atoms with Crippen LogP contribution < -0.4 is 10.2 Å². The zero-order valence-corrected chi connectivity index (χ0v) is 16.9. The van der Waals surface area contributed by atoms with E-state index in [1.807, 2.05) is 24.3 Å². The maximum absolute atomic E-state index is 12.6. The Morgan fingerprint density at radius 1 is 1.22 bits per heavy atom. The number of nitrogens with one attached hydrogen (secondary N) is 1. The molecule has 27 heavy (non-hydrogen) atoms. The Morgan fingerprint density at radius 3 is 2.52 bits per heavy atom. The van der Waals surface area contributed by atoms with Crippen LogP contribution in [0.3, 0.4) is 0 Å². The Hall–Kier alpha value is -2.09. The van der Waals surface area contributed by atoms with Gasteiger partial charge in [0.2, 0.25) is 11.8 Å². The Labute approximate surface area is 167 Å². The van der Waals surface area contributed by atoms with Gasteiger partial charge in [0.25, 0.3) is 0 Å². The number of hydrogen-bond acceptors (Lipinski definition) is 4. The quantitative estimate of drug-likeness (QED) is 0.784. The monoisotopic (exact) mass is 437 g/mol. The molecule has 146 valence electrons. The van der Waals surface area contributed by atoms with E-state index in [2.05, 4.69) is 21.2 Å². The molecule has 0 bridgehead atoms. The Kier molecular flexibility index (Phi) is 6.36. The van der Waals surface area contributed by atoms with Crippen LogP contribution in [0, 0.1) is 5.92 Å². The van der Waals surface area contributed by atoms with Crippen molar-refractivity contribution in [3.05, 3.63) is 28.7 Å². The maximum atomic E-state index is 12.6. The molecule has 2 aliphatic heterocycles. The minimum atomic E-state index is -0.343. The second kappa shape index (κ2) is 8.73. The molecular weight excluding hydrogens is 414 g/mol. The summed E-state index contributed by atoms with van der Waals surface area (Å²) in [7, 11) is 0. The number of nitrogens with zero attached hydrogens (tertiary/aromatic N) is 2. The molecule has 0 aliphatic carbocycles. The van der Waals surface area contributed by atoms with E-state index < -0.39 is 0 Å². The Morgan fingerprint density at radius 2 is 1.89 bits per heavy atom. The summed E-state index contributed by atoms with van der Waals surface area (Å²) in [6.07, 6.45) is 1.32. The number of carbonyl (C=O) groups excluding carboxylic acids is 3. The summed E-state index contributed by atoms with van der Waals surface area (Å²) < 4.78 is 5.95. The molecule has 1 aromatic carbocycles. The average molecular weight is 438 g/mol. The van der Waals surface area contributed by atoms with Crippen molar-refractivity contribution in [3.63, 3.8) is 0 Å². The summed E-state index contributed by atoms with van der Waals surface area (Å²) in [4.78, 5) is 40.0. The van der Waals surface area contributed by atoms with Crippen molar-refractivity contribution < 1.29 is 19.1 Å². The highest BCUT2D eigenvalue weighted by Crippen LogP contribution is 2.27. The fourth-order valence-electron chi connectivity index (χ4n) is 3.49. The standard InChI is InChI=1S/C19H24BrN3O4/c1-2-27-19(26)22-9-7-15(8-10-22)21-18(25)13-11-17(24)23(12-13)16-5-3-14(20)4-6-16/h3-6,13,15H,2,7-12H2,1H3,(H,21,25)/t13-/m0/s1. The molecule has 1 atom stereocenters. The number of ether oxygens (including phenoxy) is 1. The highest BCUT2D eigenvalue weighted by Gasteiger charge is 2.36. The summed E-state index contributed by atoms with van der Waals surface area (Å²) >= 11 is 3.38. The number of likely N-dealkylation sites (tertiary alicyclic amines) is 1. The van der Waals surface area contributed by atoms with Crippen molar-refractivity contribution >= 4 is 39.5 Å². The third-order valence-corrected chi connectivity index (χ3v) is 5.53. The number of amides is 3. The van der Waals surface area contributed by atoms with Crippen LogP contribution >= 0.6 is 15.9 Å². The predicted octanol–water partition coefficient (Wildman–Crippen LogP) is 2.54. The fourth-order valence-corrected chi connectivity index (χ4v) is 3.76. The van der Waals surface area contributed by atoms with Crippen molar-refractivity contribution in [1.29, 1.82) is 0 Å². The SMILES string of the molecule is CCOC(=O)N1CCC(NC(=O)[C@H]2CC(=O)N(c3ccc(Br)cc3)C2)CC1. The minimum Gasteiger partial charge on any atom is -0.450 e. The molecule has 0 saturated carbocycles. The van der Waals surface area contributed by atoms with E-state index in [0.717, 1.165) is 10.2 Å². The molecule has 2 fully saturated rings. The number of benzene rings is 1. The zero-order valence-electron chi connectivity index (χ0n) is 15.3. The number of piperidine rings is 1. The van der Waals surface area contributed by atoms with E-state index in [4.69, 9.17) is 4.74 Å². The molecule has 1 N–H and O–H groups in total. The fraction of sp³-hybridized carbons (Fsp3) is 0.526. The lowest BCUT2D eigenvalue weighted by atomic mass is 10.0. The van der Waals surface area contributed by atoms with Crippen molar-refractivity contribution in [1.82, 2.24) is 10.2 Å². The van der Waals surface area contributed by atoms with E-state index in [0.29, 0.717) is 39.1 Å². The lowest BCUT2D eigenvalue weighted by Crippen LogP contribution is -2.48. The topological polar surface area (TPSA) is 79.0 Å². The normalized spacial score (nSPS) is 20.7. The van der Waals surface area contributed by atoms with E-state index in [-0.39, 0.29) is 36.3 Å². The number of halogens is 1. The summed E-state index contributed by atoms with van der Waals surface area (Å²) in [5.74, 6) is -0.462. The number of rotatable bonds is 4. The van der Waals surface area contributed by atoms with Gasteiger partial charge in [0.05, 0.1) is 12.5 Å². The summed E-state index contributed by atoms with van der Waals surface area (Å²) in [6.45, 7) is 3.68. The van der Waals surface area contributed by atoms with Gasteiger partial charge in [-0.1, -0.05) is 15.9 Å². The van der Waals surface area contributed by atoms with Crippen LogP contribution in [-0.2, 0) is 14.3 Å². The lowest BCUT2D eigenvalue weighted by molar-refractivity contribution is -0.127. The lowest BCUT2D eigenvalue weighted by Gasteiger charge is -2.32. The van der Waals surface area contributed by atoms with Gasteiger partial charge in [-0.3, -0.25) is 9.59 Å². The molecule has 3 rings (SSSR count). The van der Waals surface area contributed by atoms with Crippen molar-refractivity contribution in [3.8, 4) is 0 Å². The van der Waals surface area contributed by atoms with E-state index in [1.165, 1.54) is 0 Å². The number of hydrogen-bond donors (Lipinski definition) is 1. The second-order valence-corrected chi connectivity index (χ2v) is 7.77. The Bertz CT molecular complexity index is 701. The van der Waals surface area contributed by atoms with Crippen LogP contribution in [0.2, 0.25) is 0 Å². The molecule has 1 aromatic rings. The second-order valence-electron chi connectivity index (χ2n) is 6.85. The summed E-state index contributed by atoms with van der Waals surface area (Å²) in [6, 6.07) is 7.53. The molecule has 0 unspecified atom stereocenters. The molecule has 8 heteroatoms. The molecule has 7 nitrogen and oxygen atoms in total. The molecule has 2 heterocycles. The van der Waals surface area contributed by atoms with E-state index in [1.54, 1.807) is 16.7 Å². The molecule has 0 radical (unpaired) electrons. The van der Waals surface area contributed by atoms with Crippen LogP contribution in [0.25, 0.3) is 0 Å². The van der Waals surface area contributed by atoms with E-state index >= 15 is 0 Å². The van der Waals surface area contributed by atoms with Crippen molar-refractivity contribution in [2.45, 2.75) is 32.2 Å². The molecule has 2 saturated heterocycles. The first kappa shape index (κ1) is 19.7. The van der Waals surface area contributed by atoms with Gasteiger partial charge in [-0.2, -0.15) is 0 Å². The van der Waals surface area contributed by atoms with Crippen LogP contribution in [-0.4, -0.2) is 55.1 Å². The van der Waals surface area contributed by atoms with Gasteiger partial charge >= 0.3 is 6.09 Å². The smallest absolute Gasteiger partial charge is 0.409 e. The molecule has 0 spiro atoms. The van der Waals surface area contributed by atoms with Crippen LogP contribution in [0.15, 0.2) is 28.7 Å². The molecular formula is C19H24BrN3O4. The first-order valence-electron chi connectivity index (χ1n) is 9.26. The molecule has 0 aromatic heterocycles. The van der Waals surface area contributed by atoms with Gasteiger partial charge < -0.3 is 19.9 Å². The van der Waals surface area contributed by atoms with Crippen LogP contribution in [0.4, 0.5) is 10.5 Å². The van der Waals surface area contributed by atoms with Gasteiger partial charge in [-0.25, -0.2) is 4.79 Å². The van der Waals surface area contributed by atoms with Gasteiger partial charge in [-0.15, -0.1) is 0 Å². The average Bonchev–Trinajstić information content (AvgIpc) is 3.05. The Balaban J connectivity index is 1.50. The van der Waals surface area contributed by atoms with Gasteiger partial charge in [0.1, 0.15) is 0 Å². The predicted molar refractivity (Wildman–Crippen MR) is 104 cm³/mol. The molecule has 2 aliphatic rings. The third-order valence-electron chi connectivity index (χ3n) is 5.00. The highest BCUT2D eigenvalue weighted by atomic mass is 79.9. The first-order chi connectivity index (χ1) is 13.0. The maximum Gasteiger partial charge on any atom is 0.409 e. The van der Waals surface area contributed by atoms with Crippen molar-refractivity contribution in [2.75, 3.05) is 31.1 Å². The first-order valence-corrected chi connectivity index (χ1v) is 10.0. The van der Waals surface area contributed by atoms with E-state index in [9.17, 15) is 14.4 Å². The number of anilines is 1. The number of carbonyl (C=O) groups is 3. The third kappa shape index (κ3) is 4.80. The largest absolute Gasteiger partial charge is 0.450 e.